The van der Waals surface area contributed by atoms with Gasteiger partial charge >= 0.3 is 0 Å². The van der Waals surface area contributed by atoms with Crippen LogP contribution >= 0.6 is 11.6 Å². The average Bonchev–Trinajstić information content (AvgIpc) is 2.69. The fourth-order valence-corrected chi connectivity index (χ4v) is 3.38. The molecule has 1 saturated heterocycles. The Labute approximate surface area is 158 Å². The normalized spacial score (nSPS) is 16.1. The molecule has 6 heteroatoms. The Hall–Kier alpha value is -2.08. The maximum absolute atomic E-state index is 12.5. The molecule has 0 saturated carbocycles. The van der Waals surface area contributed by atoms with Crippen LogP contribution < -0.4 is 10.1 Å². The lowest BCUT2D eigenvalue weighted by atomic mass is 10.0. The highest BCUT2D eigenvalue weighted by Gasteiger charge is 2.25. The van der Waals surface area contributed by atoms with Gasteiger partial charge in [0.15, 0.2) is 0 Å². The Morgan fingerprint density at radius 3 is 2.73 bits per heavy atom. The number of nitrogens with one attached hydrogen (secondary N) is 1. The summed E-state index contributed by atoms with van der Waals surface area (Å²) in [5, 5.41) is 3.59. The number of carbonyl (C=O) groups excluding carboxylic acids is 1. The monoisotopic (exact) mass is 374 g/mol. The molecule has 0 aliphatic carbocycles. The number of benzene rings is 2. The number of methoxy groups -OCH3 is 1. The summed E-state index contributed by atoms with van der Waals surface area (Å²) < 4.78 is 11.0. The van der Waals surface area contributed by atoms with E-state index in [9.17, 15) is 4.79 Å². The van der Waals surface area contributed by atoms with E-state index in [1.165, 1.54) is 0 Å². The van der Waals surface area contributed by atoms with E-state index < -0.39 is 0 Å². The second kappa shape index (κ2) is 9.03. The predicted octanol–water partition coefficient (Wildman–Crippen LogP) is 3.15. The molecule has 138 valence electrons. The second-order valence-corrected chi connectivity index (χ2v) is 6.56. The zero-order chi connectivity index (χ0) is 18.4. The third-order valence-corrected chi connectivity index (χ3v) is 4.76. The Morgan fingerprint density at radius 1 is 1.23 bits per heavy atom. The maximum atomic E-state index is 12.5. The number of amides is 1. The first-order valence-corrected chi connectivity index (χ1v) is 9.05. The summed E-state index contributed by atoms with van der Waals surface area (Å²) in [6, 6.07) is 14.9. The van der Waals surface area contributed by atoms with Gasteiger partial charge in [-0.05, 0) is 24.3 Å². The standard InChI is InChI=1S/C20H23ClN2O3/c1-25-19-8-3-2-7-17(19)18(23-9-11-26-12-10-23)14-22-20(24)15-5-4-6-16(21)13-15/h2-8,13,18H,9-12,14H2,1H3,(H,22,24). The van der Waals surface area contributed by atoms with Gasteiger partial charge in [0.1, 0.15) is 5.75 Å². The molecule has 26 heavy (non-hydrogen) atoms. The van der Waals surface area contributed by atoms with Crippen LogP contribution in [0, 0.1) is 0 Å². The summed E-state index contributed by atoms with van der Waals surface area (Å²) in [6.45, 7) is 3.49. The van der Waals surface area contributed by atoms with Gasteiger partial charge in [0, 0.05) is 35.8 Å². The van der Waals surface area contributed by atoms with Gasteiger partial charge in [-0.25, -0.2) is 0 Å². The van der Waals surface area contributed by atoms with Crippen molar-refractivity contribution in [3.63, 3.8) is 0 Å². The number of halogens is 1. The van der Waals surface area contributed by atoms with Gasteiger partial charge < -0.3 is 14.8 Å². The van der Waals surface area contributed by atoms with Crippen molar-refractivity contribution < 1.29 is 14.3 Å². The average molecular weight is 375 g/mol. The lowest BCUT2D eigenvalue weighted by Crippen LogP contribution is -2.44. The molecule has 0 bridgehead atoms. The molecule has 0 radical (unpaired) electrons. The van der Waals surface area contributed by atoms with E-state index in [-0.39, 0.29) is 11.9 Å². The largest absolute Gasteiger partial charge is 0.496 e. The summed E-state index contributed by atoms with van der Waals surface area (Å²) >= 11 is 5.99. The third kappa shape index (κ3) is 4.55. The number of hydrogen-bond donors (Lipinski definition) is 1. The van der Waals surface area contributed by atoms with Crippen molar-refractivity contribution in [2.45, 2.75) is 6.04 Å². The van der Waals surface area contributed by atoms with E-state index in [4.69, 9.17) is 21.1 Å². The van der Waals surface area contributed by atoms with Crippen molar-refractivity contribution in [2.75, 3.05) is 40.0 Å². The molecule has 3 rings (SSSR count). The van der Waals surface area contributed by atoms with Crippen LogP contribution in [0.2, 0.25) is 5.02 Å². The molecule has 0 aromatic heterocycles. The zero-order valence-corrected chi connectivity index (χ0v) is 15.5. The van der Waals surface area contributed by atoms with Crippen LogP contribution in [0.25, 0.3) is 0 Å². The van der Waals surface area contributed by atoms with E-state index in [0.717, 1.165) is 24.4 Å². The first-order valence-electron chi connectivity index (χ1n) is 8.67. The van der Waals surface area contributed by atoms with E-state index in [1.54, 1.807) is 31.4 Å². The van der Waals surface area contributed by atoms with Gasteiger partial charge in [0.2, 0.25) is 0 Å². The van der Waals surface area contributed by atoms with Crippen molar-refractivity contribution in [3.8, 4) is 5.75 Å². The summed E-state index contributed by atoms with van der Waals surface area (Å²) in [6.07, 6.45) is 0. The maximum Gasteiger partial charge on any atom is 0.251 e. The number of ether oxygens (including phenoxy) is 2. The molecule has 1 atom stereocenters. The minimum Gasteiger partial charge on any atom is -0.496 e. The van der Waals surface area contributed by atoms with Crippen molar-refractivity contribution in [3.05, 3.63) is 64.7 Å². The summed E-state index contributed by atoms with van der Waals surface area (Å²) in [4.78, 5) is 14.8. The molecule has 1 amide bonds. The Balaban J connectivity index is 1.78. The van der Waals surface area contributed by atoms with Crippen LogP contribution in [0.1, 0.15) is 22.0 Å². The number of morpholine rings is 1. The van der Waals surface area contributed by atoms with Crippen LogP contribution in [0.3, 0.4) is 0 Å². The number of para-hydroxylation sites is 1. The van der Waals surface area contributed by atoms with E-state index in [2.05, 4.69) is 10.2 Å². The van der Waals surface area contributed by atoms with E-state index in [1.807, 2.05) is 24.3 Å². The predicted molar refractivity (Wildman–Crippen MR) is 102 cm³/mol. The molecule has 0 spiro atoms. The van der Waals surface area contributed by atoms with Gasteiger partial charge in [0.05, 0.1) is 26.4 Å². The van der Waals surface area contributed by atoms with Gasteiger partial charge in [-0.3, -0.25) is 9.69 Å². The lowest BCUT2D eigenvalue weighted by Gasteiger charge is -2.35. The smallest absolute Gasteiger partial charge is 0.251 e. The van der Waals surface area contributed by atoms with Crippen LogP contribution in [-0.4, -0.2) is 50.8 Å². The quantitative estimate of drug-likeness (QED) is 0.843. The van der Waals surface area contributed by atoms with Crippen molar-refractivity contribution >= 4 is 17.5 Å². The van der Waals surface area contributed by atoms with Gasteiger partial charge in [0.25, 0.3) is 5.91 Å². The summed E-state index contributed by atoms with van der Waals surface area (Å²) in [5.41, 5.74) is 1.61. The van der Waals surface area contributed by atoms with Crippen LogP contribution in [0.4, 0.5) is 0 Å². The van der Waals surface area contributed by atoms with E-state index in [0.29, 0.717) is 30.3 Å². The Morgan fingerprint density at radius 2 is 2.00 bits per heavy atom. The van der Waals surface area contributed by atoms with Crippen LogP contribution in [0.5, 0.6) is 5.75 Å². The molecule has 1 aliphatic rings. The highest BCUT2D eigenvalue weighted by Crippen LogP contribution is 2.29. The molecule has 1 fully saturated rings. The Bertz CT molecular complexity index is 747. The number of carbonyl (C=O) groups is 1. The van der Waals surface area contributed by atoms with Gasteiger partial charge in [-0.1, -0.05) is 35.9 Å². The number of hydrogen-bond acceptors (Lipinski definition) is 4. The van der Waals surface area contributed by atoms with Crippen molar-refractivity contribution in [1.82, 2.24) is 10.2 Å². The fraction of sp³-hybridized carbons (Fsp3) is 0.350. The Kier molecular flexibility index (Phi) is 6.50. The van der Waals surface area contributed by atoms with Gasteiger partial charge in [-0.2, -0.15) is 0 Å². The first kappa shape index (κ1) is 18.7. The molecule has 1 aliphatic heterocycles. The second-order valence-electron chi connectivity index (χ2n) is 6.13. The van der Waals surface area contributed by atoms with Crippen molar-refractivity contribution in [1.29, 1.82) is 0 Å². The van der Waals surface area contributed by atoms with Crippen LogP contribution in [-0.2, 0) is 4.74 Å². The van der Waals surface area contributed by atoms with E-state index >= 15 is 0 Å². The molecular formula is C20H23ClN2O3. The summed E-state index contributed by atoms with van der Waals surface area (Å²) in [7, 11) is 1.67. The van der Waals surface area contributed by atoms with Gasteiger partial charge in [-0.15, -0.1) is 0 Å². The molecule has 2 aromatic carbocycles. The highest BCUT2D eigenvalue weighted by molar-refractivity contribution is 6.30. The number of rotatable bonds is 6. The lowest BCUT2D eigenvalue weighted by molar-refractivity contribution is 0.0157. The minimum absolute atomic E-state index is 0.0122. The fourth-order valence-electron chi connectivity index (χ4n) is 3.19. The topological polar surface area (TPSA) is 50.8 Å². The summed E-state index contributed by atoms with van der Waals surface area (Å²) in [5.74, 6) is 0.682. The molecule has 1 N–H and O–H groups in total. The molecule has 5 nitrogen and oxygen atoms in total. The first-order chi connectivity index (χ1) is 12.7. The molecule has 2 aromatic rings. The number of nitrogens with zero attached hydrogens (tertiary/aromatic N) is 1. The van der Waals surface area contributed by atoms with Crippen LogP contribution in [0.15, 0.2) is 48.5 Å². The molecule has 1 unspecified atom stereocenters. The molecular weight excluding hydrogens is 352 g/mol. The zero-order valence-electron chi connectivity index (χ0n) is 14.8. The SMILES string of the molecule is COc1ccccc1C(CNC(=O)c1cccc(Cl)c1)N1CCOCC1. The third-order valence-electron chi connectivity index (χ3n) is 4.53. The minimum atomic E-state index is -0.138. The van der Waals surface area contributed by atoms with Crippen molar-refractivity contribution in [2.24, 2.45) is 0 Å². The highest BCUT2D eigenvalue weighted by atomic mass is 35.5. The molecule has 1 heterocycles.